The Labute approximate surface area is 147 Å². The van der Waals surface area contributed by atoms with Crippen LogP contribution < -0.4 is 10.6 Å². The maximum Gasteiger partial charge on any atom is 0.136 e. The molecule has 25 heavy (non-hydrogen) atoms. The van der Waals surface area contributed by atoms with Crippen molar-refractivity contribution in [1.29, 1.82) is 10.8 Å². The van der Waals surface area contributed by atoms with Gasteiger partial charge >= 0.3 is 0 Å². The first-order valence-electron chi connectivity index (χ1n) is 8.52. The Morgan fingerprint density at radius 1 is 0.760 bits per heavy atom. The minimum atomic E-state index is 0.209. The normalized spacial score (nSPS) is 11.4. The van der Waals surface area contributed by atoms with Crippen molar-refractivity contribution in [2.45, 2.75) is 39.8 Å². The summed E-state index contributed by atoms with van der Waals surface area (Å²) in [5, 5.41) is 24.5. The van der Waals surface area contributed by atoms with E-state index >= 15 is 0 Å². The van der Waals surface area contributed by atoms with Gasteiger partial charge in [-0.2, -0.15) is 0 Å². The fourth-order valence-electron chi connectivity index (χ4n) is 2.83. The monoisotopic (exact) mass is 336 g/mol. The summed E-state index contributed by atoms with van der Waals surface area (Å²) in [5.74, 6) is 0.780. The lowest BCUT2D eigenvalue weighted by Gasteiger charge is -2.10. The molecule has 1 aromatic heterocycles. The van der Waals surface area contributed by atoms with Gasteiger partial charge in [-0.3, -0.25) is 10.8 Å². The lowest BCUT2D eigenvalue weighted by Crippen LogP contribution is -2.30. The van der Waals surface area contributed by atoms with Crippen molar-refractivity contribution in [2.24, 2.45) is 0 Å². The molecule has 5 heteroatoms. The first-order valence-corrected chi connectivity index (χ1v) is 8.52. The average molecular weight is 336 g/mol. The van der Waals surface area contributed by atoms with Crippen molar-refractivity contribution < 1.29 is 4.42 Å². The summed E-state index contributed by atoms with van der Waals surface area (Å²) in [6.45, 7) is 8.04. The maximum atomic E-state index is 8.14. The highest BCUT2D eigenvalue weighted by Crippen LogP contribution is 2.30. The topological polar surface area (TPSA) is 84.9 Å². The zero-order valence-corrected chi connectivity index (χ0v) is 15.0. The molecule has 0 saturated carbocycles. The summed E-state index contributed by atoms with van der Waals surface area (Å²) < 4.78 is 6.00. The second-order valence-corrected chi connectivity index (χ2v) is 6.87. The first-order chi connectivity index (χ1) is 11.8. The van der Waals surface area contributed by atoms with Gasteiger partial charge in [0.2, 0.25) is 0 Å². The van der Waals surface area contributed by atoms with Crippen LogP contribution in [0.4, 0.5) is 0 Å². The van der Waals surface area contributed by atoms with Gasteiger partial charge in [-0.15, -0.1) is 0 Å². The van der Waals surface area contributed by atoms with Crippen molar-refractivity contribution in [3.8, 4) is 0 Å². The summed E-state index contributed by atoms with van der Waals surface area (Å²) in [7, 11) is 0. The quantitative estimate of drug-likeness (QED) is 0.425. The number of fused-ring (bicyclic) bond motifs is 3. The van der Waals surface area contributed by atoms with Crippen LogP contribution in [0.25, 0.3) is 21.9 Å². The molecule has 0 saturated heterocycles. The summed E-state index contributed by atoms with van der Waals surface area (Å²) >= 11 is 0. The minimum absolute atomic E-state index is 0.209. The Morgan fingerprint density at radius 3 is 1.52 bits per heavy atom. The van der Waals surface area contributed by atoms with E-state index in [9.17, 15) is 0 Å². The third kappa shape index (κ3) is 3.50. The van der Waals surface area contributed by atoms with Crippen LogP contribution in [0.3, 0.4) is 0 Å². The van der Waals surface area contributed by atoms with E-state index in [1.165, 1.54) is 0 Å². The molecule has 4 N–H and O–H groups in total. The van der Waals surface area contributed by atoms with E-state index in [2.05, 4.69) is 10.6 Å². The Bertz CT molecular complexity index is 877. The van der Waals surface area contributed by atoms with Crippen LogP contribution in [-0.4, -0.2) is 23.8 Å². The highest BCUT2D eigenvalue weighted by molar-refractivity contribution is 6.09. The molecule has 0 aliphatic carbocycles. The summed E-state index contributed by atoms with van der Waals surface area (Å²) in [4.78, 5) is 0. The fourth-order valence-corrected chi connectivity index (χ4v) is 2.83. The molecule has 0 aliphatic heterocycles. The SMILES string of the molecule is CC(C)NC(=N)c1ccc2c(c1)oc1cc(C(=N)NC(C)C)ccc12. The largest absolute Gasteiger partial charge is 0.456 e. The lowest BCUT2D eigenvalue weighted by molar-refractivity contribution is 0.668. The van der Waals surface area contributed by atoms with Crippen molar-refractivity contribution in [1.82, 2.24) is 10.6 Å². The van der Waals surface area contributed by atoms with Gasteiger partial charge in [0, 0.05) is 34.0 Å². The van der Waals surface area contributed by atoms with Gasteiger partial charge in [0.15, 0.2) is 0 Å². The Hall–Kier alpha value is -2.82. The molecule has 0 bridgehead atoms. The maximum absolute atomic E-state index is 8.14. The number of rotatable bonds is 4. The molecule has 0 radical (unpaired) electrons. The molecule has 0 unspecified atom stereocenters. The molecule has 0 aliphatic rings. The number of nitrogens with one attached hydrogen (secondary N) is 4. The summed E-state index contributed by atoms with van der Waals surface area (Å²) in [6.07, 6.45) is 0. The lowest BCUT2D eigenvalue weighted by atomic mass is 10.1. The van der Waals surface area contributed by atoms with Crippen molar-refractivity contribution in [3.63, 3.8) is 0 Å². The number of hydrogen-bond donors (Lipinski definition) is 4. The van der Waals surface area contributed by atoms with E-state index < -0.39 is 0 Å². The van der Waals surface area contributed by atoms with E-state index in [1.54, 1.807) is 0 Å². The molecule has 0 amide bonds. The molecule has 2 aromatic carbocycles. The molecule has 0 spiro atoms. The molecule has 3 rings (SSSR count). The van der Waals surface area contributed by atoms with Gasteiger partial charge in [0.1, 0.15) is 22.8 Å². The van der Waals surface area contributed by atoms with Gasteiger partial charge in [-0.05, 0) is 52.0 Å². The number of hydrogen-bond acceptors (Lipinski definition) is 3. The van der Waals surface area contributed by atoms with E-state index in [0.717, 1.165) is 33.1 Å². The van der Waals surface area contributed by atoms with Crippen LogP contribution in [0.1, 0.15) is 38.8 Å². The average Bonchev–Trinajstić information content (AvgIpc) is 2.90. The van der Waals surface area contributed by atoms with Crippen LogP contribution in [0.5, 0.6) is 0 Å². The molecule has 0 fully saturated rings. The molecule has 0 atom stereocenters. The predicted molar refractivity (Wildman–Crippen MR) is 104 cm³/mol. The Kier molecular flexibility index (Phi) is 4.49. The van der Waals surface area contributed by atoms with Gasteiger partial charge < -0.3 is 15.1 Å². The molecule has 5 nitrogen and oxygen atoms in total. The van der Waals surface area contributed by atoms with E-state index in [4.69, 9.17) is 15.2 Å². The van der Waals surface area contributed by atoms with E-state index in [0.29, 0.717) is 11.7 Å². The second-order valence-electron chi connectivity index (χ2n) is 6.87. The Morgan fingerprint density at radius 2 is 1.16 bits per heavy atom. The zero-order chi connectivity index (χ0) is 18.1. The number of furan rings is 1. The number of benzene rings is 2. The van der Waals surface area contributed by atoms with Gasteiger partial charge in [0.05, 0.1) is 0 Å². The summed E-state index contributed by atoms with van der Waals surface area (Å²) in [5.41, 5.74) is 3.11. The smallest absolute Gasteiger partial charge is 0.136 e. The third-order valence-electron chi connectivity index (χ3n) is 3.92. The van der Waals surface area contributed by atoms with Crippen LogP contribution in [-0.2, 0) is 0 Å². The van der Waals surface area contributed by atoms with Gasteiger partial charge in [-0.1, -0.05) is 12.1 Å². The van der Waals surface area contributed by atoms with Crippen LogP contribution in [0, 0.1) is 10.8 Å². The second kappa shape index (κ2) is 6.59. The molecule has 1 heterocycles. The molecular weight excluding hydrogens is 312 g/mol. The van der Waals surface area contributed by atoms with Crippen LogP contribution in [0.15, 0.2) is 40.8 Å². The molecular formula is C20H24N4O. The highest BCUT2D eigenvalue weighted by Gasteiger charge is 2.12. The molecule has 3 aromatic rings. The standard InChI is InChI=1S/C20H24N4O/c1-11(2)23-19(21)13-5-7-15-16-8-6-14(20(22)24-12(3)4)10-18(16)25-17(15)9-13/h5-12H,1-4H3,(H2,21,23)(H2,22,24). The number of amidine groups is 2. The predicted octanol–water partition coefficient (Wildman–Crippen LogP) is 4.23. The first kappa shape index (κ1) is 17.0. The van der Waals surface area contributed by atoms with E-state index in [1.807, 2.05) is 64.1 Å². The van der Waals surface area contributed by atoms with Gasteiger partial charge in [-0.25, -0.2) is 0 Å². The van der Waals surface area contributed by atoms with Crippen molar-refractivity contribution in [3.05, 3.63) is 47.5 Å². The van der Waals surface area contributed by atoms with Crippen molar-refractivity contribution >= 4 is 33.6 Å². The Balaban J connectivity index is 2.00. The fraction of sp³-hybridized carbons (Fsp3) is 0.300. The minimum Gasteiger partial charge on any atom is -0.456 e. The van der Waals surface area contributed by atoms with E-state index in [-0.39, 0.29) is 12.1 Å². The van der Waals surface area contributed by atoms with Crippen LogP contribution >= 0.6 is 0 Å². The third-order valence-corrected chi connectivity index (χ3v) is 3.92. The zero-order valence-electron chi connectivity index (χ0n) is 15.0. The summed E-state index contributed by atoms with van der Waals surface area (Å²) in [6, 6.07) is 12.1. The van der Waals surface area contributed by atoms with Gasteiger partial charge in [0.25, 0.3) is 0 Å². The highest BCUT2D eigenvalue weighted by atomic mass is 16.3. The van der Waals surface area contributed by atoms with Crippen molar-refractivity contribution in [2.75, 3.05) is 0 Å². The van der Waals surface area contributed by atoms with Crippen LogP contribution in [0.2, 0.25) is 0 Å². The molecule has 130 valence electrons.